The van der Waals surface area contributed by atoms with E-state index in [1.54, 1.807) is 56.9 Å². The number of piperidine rings is 1. The van der Waals surface area contributed by atoms with Crippen molar-refractivity contribution in [2.45, 2.75) is 124 Å². The molecule has 17 heteroatoms. The van der Waals surface area contributed by atoms with E-state index >= 15 is 0 Å². The van der Waals surface area contributed by atoms with Crippen molar-refractivity contribution >= 4 is 34.2 Å². The number of likely N-dealkylation sites (tertiary alicyclic amines) is 1. The monoisotopic (exact) mass is 971 g/mol. The van der Waals surface area contributed by atoms with Gasteiger partial charge in [-0.1, -0.05) is 59.8 Å². The number of carbonyl (C=O) groups excluding carboxylic acids is 3. The summed E-state index contributed by atoms with van der Waals surface area (Å²) in [6.07, 6.45) is 7.06. The van der Waals surface area contributed by atoms with Crippen LogP contribution in [0, 0.1) is 42.4 Å². The summed E-state index contributed by atoms with van der Waals surface area (Å²) in [5.41, 5.74) is -0.562. The second-order valence-corrected chi connectivity index (χ2v) is 21.5. The molecule has 2 aromatic carbocycles. The van der Waals surface area contributed by atoms with Gasteiger partial charge in [-0.25, -0.2) is 4.79 Å². The van der Waals surface area contributed by atoms with Crippen LogP contribution < -0.4 is 20.8 Å². The first-order valence-corrected chi connectivity index (χ1v) is 25.2. The normalized spacial score (nSPS) is 32.7. The number of hydrogen-bond acceptors (Lipinski definition) is 15. The number of phenolic OH excluding ortho intramolecular Hbond substituents is 2. The van der Waals surface area contributed by atoms with Crippen LogP contribution in [0.25, 0.3) is 10.8 Å². The first kappa shape index (κ1) is 51.3. The number of piperazine rings is 1. The molecule has 0 aromatic heterocycles. The zero-order valence-electron chi connectivity index (χ0n) is 42.5. The number of anilines is 1. The van der Waals surface area contributed by atoms with Gasteiger partial charge >= 0.3 is 11.9 Å². The van der Waals surface area contributed by atoms with E-state index in [1.807, 2.05) is 13.8 Å². The van der Waals surface area contributed by atoms with Crippen LogP contribution in [-0.4, -0.2) is 148 Å². The molecule has 7 aliphatic rings. The molecular formula is C53H74N6O11. The third-order valence-electron chi connectivity index (χ3n) is 15.7. The van der Waals surface area contributed by atoms with Crippen LogP contribution >= 0.6 is 0 Å². The van der Waals surface area contributed by atoms with E-state index in [0.717, 1.165) is 32.1 Å². The highest BCUT2D eigenvalue weighted by Crippen LogP contribution is 2.50. The number of ether oxygens (including phenoxy) is 4. The van der Waals surface area contributed by atoms with Gasteiger partial charge in [-0.3, -0.25) is 24.5 Å². The topological polar surface area (TPSA) is 216 Å². The summed E-state index contributed by atoms with van der Waals surface area (Å²) in [4.78, 5) is 59.8. The average molecular weight is 971 g/mol. The van der Waals surface area contributed by atoms with Gasteiger partial charge in [0, 0.05) is 119 Å². The molecule has 1 spiro atoms. The molecule has 382 valence electrons. The minimum atomic E-state index is -1.97. The summed E-state index contributed by atoms with van der Waals surface area (Å²) >= 11 is 0. The molecule has 1 saturated carbocycles. The standard InChI is InChI=1S/C53H74N6O11/c1-28(2)26-57-19-17-53(18-20-57)55-40-37-38-45(62)34(8)48-39(37)49(64)52(9,70-48)68-25-16-36(67-10)31(5)47(69-51(66)59-23-21-58(22-24-59)27-35-14-15-35)33(7)44(61)32(6)43(60)29(3)12-11-13-30(4)50(65)54-42(46(38)63)41(40)56-53/h11-13,16,25,28-29,31-33,35-36,43-44,47,60-63H,14-15,17-24,26-27H2,1-10H3,(H,54,65)/b12-11+,25-16+,30-13-/t29-,31+,32+,33+,36-,43-,44+,47+,52-/m0/s1. The maximum Gasteiger partial charge on any atom is 0.410 e. The van der Waals surface area contributed by atoms with Crippen LogP contribution in [0.1, 0.15) is 97.0 Å². The lowest BCUT2D eigenvalue weighted by Crippen LogP contribution is -2.52. The molecule has 17 nitrogen and oxygen atoms in total. The number of aromatic hydroxyl groups is 2. The molecule has 5 bridgehead atoms. The summed E-state index contributed by atoms with van der Waals surface area (Å²) in [5, 5.41) is 51.1. The van der Waals surface area contributed by atoms with Gasteiger partial charge in [0.15, 0.2) is 11.4 Å². The van der Waals surface area contributed by atoms with Crippen LogP contribution in [0.3, 0.4) is 0 Å². The SMILES string of the molecule is CO[C@H]1/C=C/O[C@@]2(C)Oc3c(C)c(O)c4c(O)c(c5c(c4c3C2=O)=NC2(CCN(CC(C)C)CC2)N=5)NC(=O)/C(C)=C\C=C\[C@H](C)[C@H](O)[C@@H](C)[C@@H](O)[C@@H](C)[C@H](OC(=O)N2CCN(CC3CC3)CC2)[C@@H]1C. The van der Waals surface area contributed by atoms with Crippen molar-refractivity contribution in [1.82, 2.24) is 14.7 Å². The van der Waals surface area contributed by atoms with Gasteiger partial charge in [-0.05, 0) is 44.6 Å². The molecule has 6 aliphatic heterocycles. The van der Waals surface area contributed by atoms with E-state index in [0.29, 0.717) is 44.9 Å². The van der Waals surface area contributed by atoms with Crippen LogP contribution in [0.2, 0.25) is 0 Å². The number of benzene rings is 2. The molecule has 9 rings (SSSR count). The van der Waals surface area contributed by atoms with Crippen LogP contribution in [0.5, 0.6) is 17.2 Å². The summed E-state index contributed by atoms with van der Waals surface area (Å²) in [5.74, 6) is -5.23. The predicted octanol–water partition coefficient (Wildman–Crippen LogP) is 5.35. The second-order valence-electron chi connectivity index (χ2n) is 21.5. The number of amides is 2. The number of ketones is 1. The van der Waals surface area contributed by atoms with Gasteiger partial charge in [-0.2, -0.15) is 0 Å². The Morgan fingerprint density at radius 1 is 0.886 bits per heavy atom. The van der Waals surface area contributed by atoms with E-state index in [9.17, 15) is 34.8 Å². The minimum Gasteiger partial charge on any atom is -0.507 e. The van der Waals surface area contributed by atoms with Crippen molar-refractivity contribution in [3.05, 3.63) is 58.0 Å². The quantitative estimate of drug-likeness (QED) is 0.231. The van der Waals surface area contributed by atoms with E-state index in [2.05, 4.69) is 29.0 Å². The number of hydrogen-bond donors (Lipinski definition) is 5. The first-order valence-electron chi connectivity index (χ1n) is 25.2. The zero-order valence-corrected chi connectivity index (χ0v) is 42.5. The van der Waals surface area contributed by atoms with Crippen molar-refractivity contribution in [2.24, 2.45) is 45.5 Å². The predicted molar refractivity (Wildman–Crippen MR) is 263 cm³/mol. The Morgan fingerprint density at radius 3 is 2.20 bits per heavy atom. The third-order valence-corrected chi connectivity index (χ3v) is 15.7. The lowest BCUT2D eigenvalue weighted by atomic mass is 9.78. The molecule has 5 N–H and O–H groups in total. The van der Waals surface area contributed by atoms with Crippen LogP contribution in [0.4, 0.5) is 10.5 Å². The largest absolute Gasteiger partial charge is 0.507 e. The van der Waals surface area contributed by atoms with E-state index in [4.69, 9.17) is 28.9 Å². The van der Waals surface area contributed by atoms with E-state index in [-0.39, 0.29) is 55.4 Å². The number of phenols is 2. The molecule has 1 aliphatic carbocycles. The summed E-state index contributed by atoms with van der Waals surface area (Å²) < 4.78 is 25.0. The van der Waals surface area contributed by atoms with Crippen LogP contribution in [0.15, 0.2) is 46.1 Å². The van der Waals surface area contributed by atoms with E-state index < -0.39 is 83.1 Å². The van der Waals surface area contributed by atoms with E-state index in [1.165, 1.54) is 33.1 Å². The Kier molecular flexibility index (Phi) is 14.8. The molecule has 6 heterocycles. The van der Waals surface area contributed by atoms with Crippen molar-refractivity contribution in [1.29, 1.82) is 0 Å². The smallest absolute Gasteiger partial charge is 0.410 e. The van der Waals surface area contributed by atoms with Crippen molar-refractivity contribution in [3.63, 3.8) is 0 Å². The minimum absolute atomic E-state index is 0.0415. The maximum atomic E-state index is 14.9. The number of Topliss-reactive ketones (excluding diaryl/α,β-unsaturated/α-hetero) is 1. The Balaban J connectivity index is 1.19. The number of carbonyl (C=O) groups is 3. The third kappa shape index (κ3) is 9.93. The van der Waals surface area contributed by atoms with Crippen LogP contribution in [-0.2, 0) is 19.0 Å². The molecule has 3 fully saturated rings. The molecule has 2 saturated heterocycles. The number of nitrogens with zero attached hydrogens (tertiary/aromatic N) is 5. The fourth-order valence-electron chi connectivity index (χ4n) is 11.0. The highest BCUT2D eigenvalue weighted by Gasteiger charge is 2.50. The van der Waals surface area contributed by atoms with Gasteiger partial charge in [0.1, 0.15) is 28.6 Å². The lowest BCUT2D eigenvalue weighted by Gasteiger charge is -2.40. The first-order chi connectivity index (χ1) is 33.2. The van der Waals surface area contributed by atoms with Gasteiger partial charge in [0.25, 0.3) is 11.7 Å². The number of aliphatic hydroxyl groups excluding tert-OH is 2. The van der Waals surface area contributed by atoms with Crippen molar-refractivity contribution < 1.29 is 53.8 Å². The highest BCUT2D eigenvalue weighted by molar-refractivity contribution is 6.19. The maximum absolute atomic E-state index is 14.9. The van der Waals surface area contributed by atoms with Crippen molar-refractivity contribution in [3.8, 4) is 17.2 Å². The molecule has 9 atom stereocenters. The number of nitrogens with one attached hydrogen (secondary N) is 1. The number of fused-ring (bicyclic) bond motifs is 13. The summed E-state index contributed by atoms with van der Waals surface area (Å²) in [6, 6.07) is 0. The molecule has 2 aromatic rings. The Morgan fingerprint density at radius 2 is 1.56 bits per heavy atom. The Hall–Kier alpha value is -5.07. The second kappa shape index (κ2) is 20.2. The fourth-order valence-corrected chi connectivity index (χ4v) is 11.0. The number of allylic oxidation sites excluding steroid dienone is 2. The fraction of sp³-hybridized carbons (Fsp3) is 0.642. The van der Waals surface area contributed by atoms with Gasteiger partial charge < -0.3 is 54.5 Å². The number of rotatable bonds is 6. The molecule has 70 heavy (non-hydrogen) atoms. The summed E-state index contributed by atoms with van der Waals surface area (Å²) in [6.45, 7) is 22.0. The Labute approximate surface area is 410 Å². The number of methoxy groups -OCH3 is 1. The highest BCUT2D eigenvalue weighted by atomic mass is 16.7. The zero-order chi connectivity index (χ0) is 50.6. The number of aliphatic hydroxyl groups is 2. The van der Waals surface area contributed by atoms with Gasteiger partial charge in [0.05, 0.1) is 40.9 Å². The van der Waals surface area contributed by atoms with Gasteiger partial charge in [0.2, 0.25) is 0 Å². The molecule has 2 amide bonds. The Bertz CT molecular complexity index is 2580. The summed E-state index contributed by atoms with van der Waals surface area (Å²) in [7, 11) is 1.50. The molecule has 0 unspecified atom stereocenters. The van der Waals surface area contributed by atoms with Gasteiger partial charge in [-0.15, -0.1) is 0 Å². The lowest BCUT2D eigenvalue weighted by molar-refractivity contribution is -0.112. The average Bonchev–Trinajstić information content (AvgIpc) is 4.02. The molecular weight excluding hydrogens is 897 g/mol. The molecule has 0 radical (unpaired) electrons. The van der Waals surface area contributed by atoms with Crippen molar-refractivity contribution in [2.75, 3.05) is 64.8 Å².